The highest BCUT2D eigenvalue weighted by atomic mass is 16.5. The van der Waals surface area contributed by atoms with Crippen molar-refractivity contribution in [2.75, 3.05) is 14.2 Å². The minimum atomic E-state index is -0.374. The highest BCUT2D eigenvalue weighted by molar-refractivity contribution is 5.96. The van der Waals surface area contributed by atoms with Gasteiger partial charge in [-0.15, -0.1) is 0 Å². The van der Waals surface area contributed by atoms with E-state index in [-0.39, 0.29) is 18.1 Å². The molecule has 6 nitrogen and oxygen atoms in total. The number of aryl methyl sites for hydroxylation is 1. The number of fused-ring (bicyclic) bond motifs is 1. The molecule has 1 aromatic heterocycles. The van der Waals surface area contributed by atoms with Crippen LogP contribution in [-0.2, 0) is 22.6 Å². The number of benzene rings is 3. The van der Waals surface area contributed by atoms with E-state index in [0.29, 0.717) is 29.4 Å². The van der Waals surface area contributed by atoms with E-state index < -0.39 is 0 Å². The normalized spacial score (nSPS) is 10.8. The molecule has 32 heavy (non-hydrogen) atoms. The second kappa shape index (κ2) is 9.06. The quantitative estimate of drug-likeness (QED) is 0.396. The Bertz CT molecular complexity index is 1260. The third-order valence-electron chi connectivity index (χ3n) is 5.48. The Kier molecular flexibility index (Phi) is 6.03. The van der Waals surface area contributed by atoms with Crippen LogP contribution in [0.3, 0.4) is 0 Å². The number of aromatic nitrogens is 1. The van der Waals surface area contributed by atoms with Crippen LogP contribution in [0.1, 0.15) is 16.7 Å². The average Bonchev–Trinajstić information content (AvgIpc) is 3.16. The number of phenols is 1. The Morgan fingerprint density at radius 3 is 2.53 bits per heavy atom. The van der Waals surface area contributed by atoms with Crippen molar-refractivity contribution >= 4 is 16.9 Å². The fourth-order valence-electron chi connectivity index (χ4n) is 3.82. The Hall–Kier alpha value is -3.93. The van der Waals surface area contributed by atoms with E-state index in [1.54, 1.807) is 0 Å². The molecule has 0 saturated heterocycles. The predicted octanol–water partition coefficient (Wildman–Crippen LogP) is 5.15. The van der Waals surface area contributed by atoms with Gasteiger partial charge in [-0.1, -0.05) is 36.4 Å². The first-order valence-electron chi connectivity index (χ1n) is 10.3. The number of aromatic hydroxyl groups is 1. The van der Waals surface area contributed by atoms with Crippen LogP contribution in [0.15, 0.2) is 60.7 Å². The van der Waals surface area contributed by atoms with Crippen LogP contribution < -0.4 is 9.47 Å². The second-order valence-corrected chi connectivity index (χ2v) is 7.53. The standard InChI is InChI=1S/C26H25NO5/c1-16-9-11-19(25(29)26(16)31-3)24-21(14-23(28)30-2)20-13-18(10-12-22(20)27-24)32-15-17-7-5-4-6-8-17/h4-13,27,29H,14-15H2,1-3H3. The summed E-state index contributed by atoms with van der Waals surface area (Å²) in [5.74, 6) is 0.729. The van der Waals surface area contributed by atoms with Crippen LogP contribution in [0.5, 0.6) is 17.2 Å². The largest absolute Gasteiger partial charge is 0.504 e. The van der Waals surface area contributed by atoms with Crippen LogP contribution in [0, 0.1) is 6.92 Å². The van der Waals surface area contributed by atoms with Crippen molar-refractivity contribution in [1.82, 2.24) is 4.98 Å². The van der Waals surface area contributed by atoms with Gasteiger partial charge in [0.25, 0.3) is 0 Å². The molecule has 0 aliphatic heterocycles. The summed E-state index contributed by atoms with van der Waals surface area (Å²) in [4.78, 5) is 15.6. The van der Waals surface area contributed by atoms with Gasteiger partial charge in [-0.2, -0.15) is 0 Å². The van der Waals surface area contributed by atoms with E-state index in [2.05, 4.69) is 4.98 Å². The zero-order valence-electron chi connectivity index (χ0n) is 18.3. The Morgan fingerprint density at radius 2 is 1.81 bits per heavy atom. The number of hydrogen-bond donors (Lipinski definition) is 2. The lowest BCUT2D eigenvalue weighted by molar-refractivity contribution is -0.139. The van der Waals surface area contributed by atoms with Crippen molar-refractivity contribution in [3.63, 3.8) is 0 Å². The molecule has 1 heterocycles. The molecule has 3 aromatic carbocycles. The number of nitrogens with one attached hydrogen (secondary N) is 1. The zero-order chi connectivity index (χ0) is 22.7. The van der Waals surface area contributed by atoms with Gasteiger partial charge in [0.05, 0.1) is 26.3 Å². The van der Waals surface area contributed by atoms with Crippen molar-refractivity contribution in [1.29, 1.82) is 0 Å². The fraction of sp³-hybridized carbons (Fsp3) is 0.192. The molecular weight excluding hydrogens is 406 g/mol. The van der Waals surface area contributed by atoms with Crippen LogP contribution in [0.2, 0.25) is 0 Å². The van der Waals surface area contributed by atoms with Gasteiger partial charge in [0.15, 0.2) is 11.5 Å². The first kappa shape index (κ1) is 21.3. The number of methoxy groups -OCH3 is 2. The number of hydrogen-bond acceptors (Lipinski definition) is 5. The SMILES string of the molecule is COC(=O)Cc1c(-c2ccc(C)c(OC)c2O)[nH]c2ccc(OCc3ccccc3)cc12. The maximum absolute atomic E-state index is 12.2. The molecule has 0 saturated carbocycles. The summed E-state index contributed by atoms with van der Waals surface area (Å²) >= 11 is 0. The maximum atomic E-state index is 12.2. The Balaban J connectivity index is 1.79. The summed E-state index contributed by atoms with van der Waals surface area (Å²) in [6, 6.07) is 19.3. The van der Waals surface area contributed by atoms with E-state index >= 15 is 0 Å². The van der Waals surface area contributed by atoms with Gasteiger partial charge in [0.1, 0.15) is 12.4 Å². The molecule has 0 radical (unpaired) electrons. The Labute approximate surface area is 186 Å². The predicted molar refractivity (Wildman–Crippen MR) is 123 cm³/mol. The van der Waals surface area contributed by atoms with Crippen molar-refractivity contribution in [3.8, 4) is 28.5 Å². The lowest BCUT2D eigenvalue weighted by Gasteiger charge is -2.12. The molecule has 0 unspecified atom stereocenters. The summed E-state index contributed by atoms with van der Waals surface area (Å²) in [7, 11) is 2.88. The third kappa shape index (κ3) is 4.12. The monoisotopic (exact) mass is 431 g/mol. The van der Waals surface area contributed by atoms with Crippen molar-refractivity contribution in [2.45, 2.75) is 20.0 Å². The topological polar surface area (TPSA) is 80.8 Å². The molecule has 4 aromatic rings. The zero-order valence-corrected chi connectivity index (χ0v) is 18.3. The molecule has 164 valence electrons. The lowest BCUT2D eigenvalue weighted by atomic mass is 10.00. The van der Waals surface area contributed by atoms with E-state index in [9.17, 15) is 9.90 Å². The number of rotatable bonds is 7. The summed E-state index contributed by atoms with van der Waals surface area (Å²) < 4.78 is 16.3. The molecule has 0 aliphatic rings. The van der Waals surface area contributed by atoms with E-state index in [1.165, 1.54) is 14.2 Å². The van der Waals surface area contributed by atoms with Gasteiger partial charge in [-0.25, -0.2) is 0 Å². The third-order valence-corrected chi connectivity index (χ3v) is 5.48. The highest BCUT2D eigenvalue weighted by Gasteiger charge is 2.21. The first-order valence-corrected chi connectivity index (χ1v) is 10.3. The minimum absolute atomic E-state index is 0.0192. The van der Waals surface area contributed by atoms with Crippen LogP contribution >= 0.6 is 0 Å². The van der Waals surface area contributed by atoms with E-state index in [1.807, 2.05) is 67.6 Å². The maximum Gasteiger partial charge on any atom is 0.310 e. The number of aromatic amines is 1. The lowest BCUT2D eigenvalue weighted by Crippen LogP contribution is -2.05. The number of carbonyl (C=O) groups excluding carboxylic acids is 1. The van der Waals surface area contributed by atoms with Gasteiger partial charge in [0, 0.05) is 16.5 Å². The summed E-state index contributed by atoms with van der Waals surface area (Å²) in [5, 5.41) is 11.7. The summed E-state index contributed by atoms with van der Waals surface area (Å²) in [5.41, 5.74) is 4.61. The number of carbonyl (C=O) groups is 1. The molecule has 0 aliphatic carbocycles. The Morgan fingerprint density at radius 1 is 1.03 bits per heavy atom. The molecule has 0 amide bonds. The van der Waals surface area contributed by atoms with Crippen molar-refractivity contribution < 1.29 is 24.1 Å². The smallest absolute Gasteiger partial charge is 0.310 e. The van der Waals surface area contributed by atoms with Crippen LogP contribution in [0.25, 0.3) is 22.2 Å². The average molecular weight is 431 g/mol. The van der Waals surface area contributed by atoms with Crippen molar-refractivity contribution in [3.05, 3.63) is 77.4 Å². The molecule has 2 N–H and O–H groups in total. The molecule has 0 spiro atoms. The number of phenolic OH excluding ortho intramolecular Hbond substituents is 1. The first-order chi connectivity index (χ1) is 15.5. The van der Waals surface area contributed by atoms with Crippen LogP contribution in [-0.4, -0.2) is 30.3 Å². The van der Waals surface area contributed by atoms with E-state index in [0.717, 1.165) is 27.6 Å². The molecule has 0 fully saturated rings. The number of ether oxygens (including phenoxy) is 3. The molecular formula is C26H25NO5. The van der Waals surface area contributed by atoms with Gasteiger partial charge in [-0.3, -0.25) is 4.79 Å². The molecule has 6 heteroatoms. The minimum Gasteiger partial charge on any atom is -0.504 e. The number of H-pyrrole nitrogens is 1. The molecule has 0 bridgehead atoms. The van der Waals surface area contributed by atoms with Gasteiger partial charge in [-0.05, 0) is 47.9 Å². The van der Waals surface area contributed by atoms with E-state index in [4.69, 9.17) is 14.2 Å². The van der Waals surface area contributed by atoms with Gasteiger partial charge >= 0.3 is 5.97 Å². The highest BCUT2D eigenvalue weighted by Crippen LogP contribution is 2.42. The summed E-state index contributed by atoms with van der Waals surface area (Å²) in [6.45, 7) is 2.30. The molecule has 4 rings (SSSR count). The fourth-order valence-corrected chi connectivity index (χ4v) is 3.82. The number of esters is 1. The molecule has 0 atom stereocenters. The summed E-state index contributed by atoms with van der Waals surface area (Å²) in [6.07, 6.45) is 0.0452. The van der Waals surface area contributed by atoms with Crippen LogP contribution in [0.4, 0.5) is 0 Å². The van der Waals surface area contributed by atoms with Gasteiger partial charge < -0.3 is 24.3 Å². The van der Waals surface area contributed by atoms with Crippen molar-refractivity contribution in [2.24, 2.45) is 0 Å². The van der Waals surface area contributed by atoms with Gasteiger partial charge in [0.2, 0.25) is 0 Å². The second-order valence-electron chi connectivity index (χ2n) is 7.53.